The van der Waals surface area contributed by atoms with Gasteiger partial charge in [0.05, 0.1) is 22.8 Å². The quantitative estimate of drug-likeness (QED) is 0.152. The van der Waals surface area contributed by atoms with E-state index >= 15 is 0 Å². The van der Waals surface area contributed by atoms with Crippen LogP contribution in [0.1, 0.15) is 49.9 Å². The van der Waals surface area contributed by atoms with Gasteiger partial charge in [0.15, 0.2) is 0 Å². The molecule has 2 aliphatic carbocycles. The SMILES string of the molecule is CC1(C)c2cc(-c3cccc(-c4ccc5c(c4)C(C)(C)c4cc(-c6cc(-c7ccccc7)cc(-c7ccccc7)n6)ccc4-5)c3)ccc2-c2ccc(-c3cc(-c4ccccc4)nc(-c4ccccc4)c3)cc21. The number of hydrogen-bond donors (Lipinski definition) is 0. The lowest BCUT2D eigenvalue weighted by atomic mass is 9.80. The molecular weight excluding hydrogens is 869 g/mol. The number of hydrogen-bond acceptors (Lipinski definition) is 2. The number of pyridine rings is 2. The molecule has 0 saturated carbocycles. The van der Waals surface area contributed by atoms with E-state index in [-0.39, 0.29) is 10.8 Å². The van der Waals surface area contributed by atoms with Gasteiger partial charge in [0.2, 0.25) is 0 Å². The van der Waals surface area contributed by atoms with Crippen LogP contribution in [0.2, 0.25) is 0 Å². The highest BCUT2D eigenvalue weighted by atomic mass is 14.7. The number of nitrogens with zero attached hydrogens (tertiary/aromatic N) is 2. The van der Waals surface area contributed by atoms with Crippen molar-refractivity contribution in [1.29, 1.82) is 0 Å². The average molecular weight is 921 g/mol. The van der Waals surface area contributed by atoms with Crippen LogP contribution in [-0.4, -0.2) is 9.97 Å². The summed E-state index contributed by atoms with van der Waals surface area (Å²) in [4.78, 5) is 10.4. The van der Waals surface area contributed by atoms with Crippen molar-refractivity contribution in [3.8, 4) is 112 Å². The Morgan fingerprint density at radius 3 is 0.847 bits per heavy atom. The molecule has 0 saturated heterocycles. The maximum Gasteiger partial charge on any atom is 0.0715 e. The van der Waals surface area contributed by atoms with Crippen molar-refractivity contribution >= 4 is 0 Å². The van der Waals surface area contributed by atoms with Gasteiger partial charge in [-0.2, -0.15) is 0 Å². The Hall–Kier alpha value is -8.72. The second-order valence-electron chi connectivity index (χ2n) is 20.6. The van der Waals surface area contributed by atoms with Crippen LogP contribution in [-0.2, 0) is 10.8 Å². The van der Waals surface area contributed by atoms with Crippen LogP contribution in [0.5, 0.6) is 0 Å². The van der Waals surface area contributed by atoms with Crippen molar-refractivity contribution in [3.63, 3.8) is 0 Å². The van der Waals surface area contributed by atoms with Crippen molar-refractivity contribution in [2.24, 2.45) is 0 Å². The minimum Gasteiger partial charge on any atom is -0.248 e. The third kappa shape index (κ3) is 7.42. The average Bonchev–Trinajstić information content (AvgIpc) is 3.81. The molecule has 0 fully saturated rings. The summed E-state index contributed by atoms with van der Waals surface area (Å²) < 4.78 is 0. The molecule has 342 valence electrons. The van der Waals surface area contributed by atoms with Crippen molar-refractivity contribution in [3.05, 3.63) is 265 Å². The van der Waals surface area contributed by atoms with E-state index in [0.717, 1.165) is 56.2 Å². The molecule has 0 radical (unpaired) electrons. The summed E-state index contributed by atoms with van der Waals surface area (Å²) >= 11 is 0. The van der Waals surface area contributed by atoms with E-state index in [9.17, 15) is 0 Å². The largest absolute Gasteiger partial charge is 0.248 e. The van der Waals surface area contributed by atoms with E-state index in [1.165, 1.54) is 77.9 Å². The summed E-state index contributed by atoms with van der Waals surface area (Å²) in [6, 6.07) is 88.4. The number of fused-ring (bicyclic) bond motifs is 6. The van der Waals surface area contributed by atoms with Crippen LogP contribution in [0, 0.1) is 0 Å². The van der Waals surface area contributed by atoms with Crippen LogP contribution >= 0.6 is 0 Å². The molecule has 2 aromatic heterocycles. The lowest BCUT2D eigenvalue weighted by Crippen LogP contribution is -2.15. The monoisotopic (exact) mass is 920 g/mol. The fourth-order valence-corrected chi connectivity index (χ4v) is 11.5. The second kappa shape index (κ2) is 17.0. The van der Waals surface area contributed by atoms with Gasteiger partial charge in [-0.25, -0.2) is 9.97 Å². The molecule has 2 heteroatoms. The van der Waals surface area contributed by atoms with Crippen LogP contribution in [0.25, 0.3) is 112 Å². The van der Waals surface area contributed by atoms with E-state index in [1.807, 2.05) is 0 Å². The van der Waals surface area contributed by atoms with E-state index in [1.54, 1.807) is 0 Å². The third-order valence-corrected chi connectivity index (χ3v) is 15.5. The van der Waals surface area contributed by atoms with Crippen molar-refractivity contribution < 1.29 is 0 Å². The summed E-state index contributed by atoms with van der Waals surface area (Å²) in [7, 11) is 0. The topological polar surface area (TPSA) is 25.8 Å². The summed E-state index contributed by atoms with van der Waals surface area (Å²) in [6.45, 7) is 9.51. The van der Waals surface area contributed by atoms with Gasteiger partial charge in [-0.3, -0.25) is 0 Å². The first kappa shape index (κ1) is 43.3. The van der Waals surface area contributed by atoms with Gasteiger partial charge in [0.25, 0.3) is 0 Å². The van der Waals surface area contributed by atoms with Gasteiger partial charge in [-0.15, -0.1) is 0 Å². The molecule has 0 bridgehead atoms. The first-order valence-corrected chi connectivity index (χ1v) is 25.1. The summed E-state index contributed by atoms with van der Waals surface area (Å²) in [5, 5.41) is 0. The number of aromatic nitrogens is 2. The molecule has 13 rings (SSSR count). The Kier molecular flexibility index (Phi) is 10.2. The van der Waals surface area contributed by atoms with Crippen LogP contribution in [0.3, 0.4) is 0 Å². The van der Waals surface area contributed by atoms with Crippen LogP contribution in [0.15, 0.2) is 243 Å². The van der Waals surface area contributed by atoms with Crippen molar-refractivity contribution in [2.45, 2.75) is 38.5 Å². The zero-order valence-electron chi connectivity index (χ0n) is 41.0. The molecule has 2 heterocycles. The Labute approximate surface area is 423 Å². The van der Waals surface area contributed by atoms with Crippen LogP contribution in [0.4, 0.5) is 0 Å². The maximum absolute atomic E-state index is 5.28. The van der Waals surface area contributed by atoms with Crippen molar-refractivity contribution in [1.82, 2.24) is 9.97 Å². The van der Waals surface area contributed by atoms with Gasteiger partial charge in [-0.05, 0) is 144 Å². The fourth-order valence-electron chi connectivity index (χ4n) is 11.5. The Balaban J connectivity index is 0.808. The maximum atomic E-state index is 5.28. The normalized spacial score (nSPS) is 13.5. The Morgan fingerprint density at radius 1 is 0.208 bits per heavy atom. The molecule has 2 nitrogen and oxygen atoms in total. The minimum absolute atomic E-state index is 0.197. The highest BCUT2D eigenvalue weighted by Gasteiger charge is 2.37. The van der Waals surface area contributed by atoms with Gasteiger partial charge < -0.3 is 0 Å². The second-order valence-corrected chi connectivity index (χ2v) is 20.6. The third-order valence-electron chi connectivity index (χ3n) is 15.5. The van der Waals surface area contributed by atoms with E-state index in [4.69, 9.17) is 9.97 Å². The molecule has 72 heavy (non-hydrogen) atoms. The predicted octanol–water partition coefficient (Wildman–Crippen LogP) is 18.4. The lowest BCUT2D eigenvalue weighted by molar-refractivity contribution is 0.660. The van der Waals surface area contributed by atoms with E-state index in [2.05, 4.69) is 270 Å². The Morgan fingerprint density at radius 2 is 0.472 bits per heavy atom. The smallest absolute Gasteiger partial charge is 0.0715 e. The molecule has 0 spiro atoms. The molecule has 0 amide bonds. The molecule has 0 aliphatic heterocycles. The molecule has 11 aromatic rings. The summed E-state index contributed by atoms with van der Waals surface area (Å²) in [5.41, 5.74) is 28.2. The standard InChI is InChI=1S/C70H52N2/c1-69(2)61-37-51(28-32-57(61)59-34-30-53(39-63(59)69)56-43-66(47-22-13-7-14-23-47)71-67(44-56)48-24-15-8-16-25-48)49-26-17-27-50(36-49)52-29-33-58-60-35-31-54(40-64(60)70(3,4)62(58)38-52)68-42-55(45-18-9-5-10-19-45)41-65(72-68)46-20-11-6-12-21-46/h5-44H,1-4H3. The van der Waals surface area contributed by atoms with Gasteiger partial charge in [-0.1, -0.05) is 216 Å². The molecule has 0 atom stereocenters. The highest BCUT2D eigenvalue weighted by molar-refractivity contribution is 5.89. The first-order chi connectivity index (χ1) is 35.2. The van der Waals surface area contributed by atoms with Gasteiger partial charge in [0, 0.05) is 33.1 Å². The zero-order chi connectivity index (χ0) is 48.6. The Bertz CT molecular complexity index is 3520. The van der Waals surface area contributed by atoms with E-state index in [0.29, 0.717) is 0 Å². The molecule has 0 unspecified atom stereocenters. The summed E-state index contributed by atoms with van der Waals surface area (Å²) in [5.74, 6) is 0. The first-order valence-electron chi connectivity index (χ1n) is 25.1. The number of rotatable bonds is 8. The zero-order valence-corrected chi connectivity index (χ0v) is 41.0. The fraction of sp³-hybridized carbons (Fsp3) is 0.0857. The van der Waals surface area contributed by atoms with Gasteiger partial charge in [0.1, 0.15) is 0 Å². The van der Waals surface area contributed by atoms with Gasteiger partial charge >= 0.3 is 0 Å². The van der Waals surface area contributed by atoms with Crippen molar-refractivity contribution in [2.75, 3.05) is 0 Å². The molecule has 0 N–H and O–H groups in total. The number of benzene rings is 9. The van der Waals surface area contributed by atoms with Crippen LogP contribution < -0.4 is 0 Å². The highest BCUT2D eigenvalue weighted by Crippen LogP contribution is 2.53. The molecule has 9 aromatic carbocycles. The predicted molar refractivity (Wildman–Crippen MR) is 301 cm³/mol. The van der Waals surface area contributed by atoms with E-state index < -0.39 is 0 Å². The molecular formula is C70H52N2. The molecule has 2 aliphatic rings. The summed E-state index contributed by atoms with van der Waals surface area (Å²) in [6.07, 6.45) is 0. The minimum atomic E-state index is -0.209. The lowest BCUT2D eigenvalue weighted by Gasteiger charge is -2.23.